The quantitative estimate of drug-likeness (QED) is 0.869. The molecule has 0 atom stereocenters. The fourth-order valence-electron chi connectivity index (χ4n) is 2.28. The van der Waals surface area contributed by atoms with Crippen molar-refractivity contribution in [2.75, 3.05) is 11.1 Å². The van der Waals surface area contributed by atoms with Gasteiger partial charge in [-0.3, -0.25) is 0 Å². The molecule has 2 rings (SSSR count). The largest absolute Gasteiger partial charge is 0.384 e. The average molecular weight is 270 g/mol. The Morgan fingerprint density at radius 3 is 2.50 bits per heavy atom. The molecule has 20 heavy (non-hydrogen) atoms. The zero-order valence-electron chi connectivity index (χ0n) is 12.4. The molecule has 3 N–H and O–H groups in total. The first kappa shape index (κ1) is 14.3. The van der Waals surface area contributed by atoms with Crippen molar-refractivity contribution in [3.8, 4) is 11.4 Å². The van der Waals surface area contributed by atoms with E-state index in [2.05, 4.69) is 36.1 Å². The van der Waals surface area contributed by atoms with Crippen LogP contribution in [0, 0.1) is 0 Å². The van der Waals surface area contributed by atoms with Gasteiger partial charge in [0.05, 0.1) is 0 Å². The van der Waals surface area contributed by atoms with Gasteiger partial charge in [0.2, 0.25) is 0 Å². The van der Waals surface area contributed by atoms with E-state index in [4.69, 9.17) is 5.73 Å². The lowest BCUT2D eigenvalue weighted by atomic mass is 9.99. The smallest absolute Gasteiger partial charge is 0.163 e. The molecule has 1 aromatic heterocycles. The van der Waals surface area contributed by atoms with Gasteiger partial charge in [-0.25, -0.2) is 9.97 Å². The molecule has 1 heterocycles. The molecule has 0 aliphatic heterocycles. The van der Waals surface area contributed by atoms with Gasteiger partial charge in [-0.1, -0.05) is 43.7 Å². The third-order valence-electron chi connectivity index (χ3n) is 3.12. The number of rotatable bonds is 5. The fourth-order valence-corrected chi connectivity index (χ4v) is 2.28. The molecule has 106 valence electrons. The molecule has 0 bridgehead atoms. The molecular weight excluding hydrogens is 248 g/mol. The first-order valence-electron chi connectivity index (χ1n) is 6.98. The lowest BCUT2D eigenvalue weighted by molar-refractivity contribution is 0.509. The van der Waals surface area contributed by atoms with Crippen LogP contribution in [0.4, 0.5) is 11.6 Å². The molecule has 0 spiro atoms. The number of aromatic nitrogens is 2. The highest BCUT2D eigenvalue weighted by molar-refractivity contribution is 5.60. The van der Waals surface area contributed by atoms with E-state index in [0.29, 0.717) is 11.6 Å². The van der Waals surface area contributed by atoms with Crippen LogP contribution >= 0.6 is 0 Å². The Balaban J connectivity index is 2.30. The van der Waals surface area contributed by atoms with E-state index >= 15 is 0 Å². The molecular formula is C16H22N4. The van der Waals surface area contributed by atoms with Crippen molar-refractivity contribution in [1.29, 1.82) is 0 Å². The number of nitrogens with zero attached hydrogens (tertiary/aromatic N) is 2. The minimum atomic E-state index is -0.0104. The topological polar surface area (TPSA) is 63.8 Å². The van der Waals surface area contributed by atoms with Crippen molar-refractivity contribution < 1.29 is 0 Å². The monoisotopic (exact) mass is 270 g/mol. The molecule has 0 aliphatic carbocycles. The van der Waals surface area contributed by atoms with Gasteiger partial charge in [0.15, 0.2) is 5.82 Å². The summed E-state index contributed by atoms with van der Waals surface area (Å²) < 4.78 is 0. The maximum absolute atomic E-state index is 5.90. The minimum absolute atomic E-state index is 0.0104. The second-order valence-corrected chi connectivity index (χ2v) is 5.63. The number of benzene rings is 1. The van der Waals surface area contributed by atoms with Gasteiger partial charge in [-0.2, -0.15) is 0 Å². The molecule has 0 fully saturated rings. The summed E-state index contributed by atoms with van der Waals surface area (Å²) in [5.74, 6) is 1.91. The van der Waals surface area contributed by atoms with Crippen LogP contribution in [0.25, 0.3) is 11.4 Å². The SMILES string of the molecule is CCCC(C)(C)Nc1cc(N)nc(-c2ccccc2)n1. The van der Waals surface area contributed by atoms with Gasteiger partial charge in [0.25, 0.3) is 0 Å². The van der Waals surface area contributed by atoms with Crippen molar-refractivity contribution in [2.45, 2.75) is 39.2 Å². The summed E-state index contributed by atoms with van der Waals surface area (Å²) in [7, 11) is 0. The maximum Gasteiger partial charge on any atom is 0.163 e. The molecule has 0 unspecified atom stereocenters. The molecule has 0 aliphatic rings. The van der Waals surface area contributed by atoms with Crippen LogP contribution < -0.4 is 11.1 Å². The Bertz CT molecular complexity index is 564. The van der Waals surface area contributed by atoms with E-state index in [-0.39, 0.29) is 5.54 Å². The number of hydrogen-bond acceptors (Lipinski definition) is 4. The molecule has 2 aromatic rings. The van der Waals surface area contributed by atoms with Crippen LogP contribution in [0.2, 0.25) is 0 Å². The summed E-state index contributed by atoms with van der Waals surface area (Å²) in [6, 6.07) is 11.7. The molecule has 4 heteroatoms. The minimum Gasteiger partial charge on any atom is -0.384 e. The Morgan fingerprint density at radius 1 is 1.15 bits per heavy atom. The van der Waals surface area contributed by atoms with Crippen LogP contribution in [-0.2, 0) is 0 Å². The zero-order valence-corrected chi connectivity index (χ0v) is 12.4. The van der Waals surface area contributed by atoms with Gasteiger partial charge in [-0.15, -0.1) is 0 Å². The normalized spacial score (nSPS) is 11.3. The number of nitrogens with two attached hydrogens (primary N) is 1. The van der Waals surface area contributed by atoms with E-state index in [1.807, 2.05) is 30.3 Å². The van der Waals surface area contributed by atoms with Crippen LogP contribution in [0.15, 0.2) is 36.4 Å². The number of anilines is 2. The summed E-state index contributed by atoms with van der Waals surface area (Å²) in [6.45, 7) is 6.50. The lowest BCUT2D eigenvalue weighted by Crippen LogP contribution is -2.31. The van der Waals surface area contributed by atoms with Crippen LogP contribution in [-0.4, -0.2) is 15.5 Å². The van der Waals surface area contributed by atoms with Crippen LogP contribution in [0.1, 0.15) is 33.6 Å². The third-order valence-corrected chi connectivity index (χ3v) is 3.12. The molecule has 0 saturated heterocycles. The number of nitrogens with one attached hydrogen (secondary N) is 1. The standard InChI is InChI=1S/C16H22N4/c1-4-10-16(2,3)20-14-11-13(17)18-15(19-14)12-8-6-5-7-9-12/h5-9,11H,4,10H2,1-3H3,(H3,17,18,19,20). The van der Waals surface area contributed by atoms with Gasteiger partial charge in [0, 0.05) is 17.2 Å². The summed E-state index contributed by atoms with van der Waals surface area (Å²) in [5, 5.41) is 3.44. The van der Waals surface area contributed by atoms with Crippen molar-refractivity contribution in [1.82, 2.24) is 9.97 Å². The Morgan fingerprint density at radius 2 is 1.85 bits per heavy atom. The predicted molar refractivity (Wildman–Crippen MR) is 84.5 cm³/mol. The summed E-state index contributed by atoms with van der Waals surface area (Å²) in [4.78, 5) is 8.88. The molecule has 0 amide bonds. The van der Waals surface area contributed by atoms with E-state index in [1.165, 1.54) is 0 Å². The van der Waals surface area contributed by atoms with E-state index in [0.717, 1.165) is 24.2 Å². The van der Waals surface area contributed by atoms with Crippen molar-refractivity contribution >= 4 is 11.6 Å². The van der Waals surface area contributed by atoms with Gasteiger partial charge < -0.3 is 11.1 Å². The summed E-state index contributed by atoms with van der Waals surface area (Å²) in [5.41, 5.74) is 6.86. The fraction of sp³-hybridized carbons (Fsp3) is 0.375. The summed E-state index contributed by atoms with van der Waals surface area (Å²) >= 11 is 0. The van der Waals surface area contributed by atoms with Crippen molar-refractivity contribution in [2.24, 2.45) is 0 Å². The molecule has 1 aromatic carbocycles. The lowest BCUT2D eigenvalue weighted by Gasteiger charge is -2.26. The first-order valence-corrected chi connectivity index (χ1v) is 6.98. The third kappa shape index (κ3) is 3.70. The molecule has 0 radical (unpaired) electrons. The van der Waals surface area contributed by atoms with E-state index in [1.54, 1.807) is 6.07 Å². The van der Waals surface area contributed by atoms with E-state index in [9.17, 15) is 0 Å². The van der Waals surface area contributed by atoms with Crippen LogP contribution in [0.3, 0.4) is 0 Å². The highest BCUT2D eigenvalue weighted by Crippen LogP contribution is 2.22. The van der Waals surface area contributed by atoms with Crippen molar-refractivity contribution in [3.05, 3.63) is 36.4 Å². The van der Waals surface area contributed by atoms with Gasteiger partial charge in [-0.05, 0) is 20.3 Å². The average Bonchev–Trinajstić information content (AvgIpc) is 2.38. The van der Waals surface area contributed by atoms with Gasteiger partial charge >= 0.3 is 0 Å². The highest BCUT2D eigenvalue weighted by atomic mass is 15.1. The van der Waals surface area contributed by atoms with Crippen molar-refractivity contribution in [3.63, 3.8) is 0 Å². The molecule has 0 saturated carbocycles. The zero-order chi connectivity index (χ0) is 14.6. The maximum atomic E-state index is 5.90. The second-order valence-electron chi connectivity index (χ2n) is 5.63. The first-order chi connectivity index (χ1) is 9.50. The Hall–Kier alpha value is -2.10. The highest BCUT2D eigenvalue weighted by Gasteiger charge is 2.17. The Kier molecular flexibility index (Phi) is 4.23. The van der Waals surface area contributed by atoms with Crippen LogP contribution in [0.5, 0.6) is 0 Å². The number of nitrogen functional groups attached to an aromatic ring is 1. The van der Waals surface area contributed by atoms with E-state index < -0.39 is 0 Å². The molecule has 4 nitrogen and oxygen atoms in total. The Labute approximate surface area is 120 Å². The second kappa shape index (κ2) is 5.90. The number of hydrogen-bond donors (Lipinski definition) is 2. The predicted octanol–water partition coefficient (Wildman–Crippen LogP) is 3.72. The summed E-state index contributed by atoms with van der Waals surface area (Å²) in [6.07, 6.45) is 2.18. The van der Waals surface area contributed by atoms with Gasteiger partial charge in [0.1, 0.15) is 11.6 Å².